The number of nitrogens with two attached hydrogens (primary N) is 1. The number of nitrogens with one attached hydrogen (secondary N) is 1. The van der Waals surface area contributed by atoms with Crippen LogP contribution in [0.15, 0.2) is 0 Å². The van der Waals surface area contributed by atoms with Gasteiger partial charge < -0.3 is 0 Å². The third-order valence-corrected chi connectivity index (χ3v) is 1.96. The van der Waals surface area contributed by atoms with Crippen molar-refractivity contribution in [1.29, 1.82) is 0 Å². The summed E-state index contributed by atoms with van der Waals surface area (Å²) in [5.74, 6) is 5.30. The van der Waals surface area contributed by atoms with Crippen LogP contribution in [0.3, 0.4) is 0 Å². The smallest absolute Gasteiger partial charge is 0.255 e. The summed E-state index contributed by atoms with van der Waals surface area (Å²) in [6, 6.07) is -0.855. The van der Waals surface area contributed by atoms with Crippen molar-refractivity contribution >= 4 is 0 Å². The van der Waals surface area contributed by atoms with Crippen molar-refractivity contribution in [3.63, 3.8) is 0 Å². The lowest BCUT2D eigenvalue weighted by atomic mass is 9.98. The highest BCUT2D eigenvalue weighted by Crippen LogP contribution is 2.15. The third kappa shape index (κ3) is 4.62. The van der Waals surface area contributed by atoms with E-state index in [4.69, 9.17) is 5.84 Å². The lowest BCUT2D eigenvalue weighted by molar-refractivity contribution is 0.0861. The molecular weight excluding hydrogens is 162 g/mol. The Balaban J connectivity index is 3.69. The topological polar surface area (TPSA) is 38.0 Å². The third-order valence-electron chi connectivity index (χ3n) is 1.96. The molecular formula is C8H18F2N2. The number of alkyl halides is 2. The van der Waals surface area contributed by atoms with Gasteiger partial charge in [0.05, 0.1) is 6.04 Å². The summed E-state index contributed by atoms with van der Waals surface area (Å²) in [5.41, 5.74) is 2.14. The Morgan fingerprint density at radius 2 is 2.00 bits per heavy atom. The molecule has 74 valence electrons. The van der Waals surface area contributed by atoms with Crippen LogP contribution in [0.1, 0.15) is 33.1 Å². The van der Waals surface area contributed by atoms with Crippen LogP contribution < -0.4 is 11.3 Å². The predicted molar refractivity (Wildman–Crippen MR) is 45.8 cm³/mol. The minimum absolute atomic E-state index is 0.310. The molecule has 0 rings (SSSR count). The molecule has 0 saturated carbocycles. The van der Waals surface area contributed by atoms with Gasteiger partial charge in [0.15, 0.2) is 0 Å². The van der Waals surface area contributed by atoms with Gasteiger partial charge in [0.1, 0.15) is 0 Å². The highest BCUT2D eigenvalue weighted by atomic mass is 19.3. The van der Waals surface area contributed by atoms with Gasteiger partial charge in [-0.15, -0.1) is 0 Å². The van der Waals surface area contributed by atoms with Crippen LogP contribution in [0.25, 0.3) is 0 Å². The fourth-order valence-electron chi connectivity index (χ4n) is 1.29. The zero-order chi connectivity index (χ0) is 9.56. The maximum absolute atomic E-state index is 12.2. The first kappa shape index (κ1) is 11.8. The number of hydrogen-bond acceptors (Lipinski definition) is 2. The summed E-state index contributed by atoms with van der Waals surface area (Å²) in [6.45, 7) is 4.01. The molecule has 0 radical (unpaired) electrons. The zero-order valence-electron chi connectivity index (χ0n) is 7.69. The van der Waals surface area contributed by atoms with Crippen molar-refractivity contribution in [2.24, 2.45) is 11.8 Å². The fraction of sp³-hybridized carbons (Fsp3) is 1.00. The van der Waals surface area contributed by atoms with Gasteiger partial charge in [0.2, 0.25) is 0 Å². The van der Waals surface area contributed by atoms with E-state index in [1.807, 2.05) is 13.8 Å². The molecule has 0 aromatic rings. The molecule has 0 bridgehead atoms. The molecule has 2 atom stereocenters. The molecule has 0 aliphatic rings. The Morgan fingerprint density at radius 3 is 2.33 bits per heavy atom. The van der Waals surface area contributed by atoms with E-state index in [-0.39, 0.29) is 0 Å². The van der Waals surface area contributed by atoms with E-state index in [0.29, 0.717) is 12.3 Å². The van der Waals surface area contributed by atoms with Crippen LogP contribution in [0.2, 0.25) is 0 Å². The number of hydrazine groups is 1. The Hall–Kier alpha value is -0.220. The van der Waals surface area contributed by atoms with E-state index >= 15 is 0 Å². The summed E-state index contributed by atoms with van der Waals surface area (Å²) in [6.07, 6.45) is 0.0866. The minimum atomic E-state index is -2.37. The Morgan fingerprint density at radius 1 is 1.42 bits per heavy atom. The molecule has 2 nitrogen and oxygen atoms in total. The van der Waals surface area contributed by atoms with E-state index in [1.54, 1.807) is 0 Å². The van der Waals surface area contributed by atoms with Gasteiger partial charge in [0.25, 0.3) is 6.43 Å². The maximum Gasteiger partial charge on any atom is 0.255 e. The first-order valence-corrected chi connectivity index (χ1v) is 4.36. The fourth-order valence-corrected chi connectivity index (χ4v) is 1.29. The van der Waals surface area contributed by atoms with Crippen molar-refractivity contribution in [3.05, 3.63) is 0 Å². The molecule has 0 aromatic heterocycles. The largest absolute Gasteiger partial charge is 0.271 e. The lowest BCUT2D eigenvalue weighted by Crippen LogP contribution is -2.41. The first-order chi connectivity index (χ1) is 5.61. The van der Waals surface area contributed by atoms with Crippen molar-refractivity contribution in [3.8, 4) is 0 Å². The van der Waals surface area contributed by atoms with Crippen LogP contribution in [-0.2, 0) is 0 Å². The molecule has 0 spiro atoms. The second kappa shape index (κ2) is 6.31. The van der Waals surface area contributed by atoms with Gasteiger partial charge in [-0.2, -0.15) is 0 Å². The molecule has 0 amide bonds. The van der Waals surface area contributed by atoms with Gasteiger partial charge in [0, 0.05) is 0 Å². The number of rotatable bonds is 6. The summed E-state index contributed by atoms with van der Waals surface area (Å²) in [4.78, 5) is 0. The molecule has 3 N–H and O–H groups in total. The summed E-state index contributed by atoms with van der Waals surface area (Å²) < 4.78 is 24.3. The van der Waals surface area contributed by atoms with E-state index in [9.17, 15) is 8.78 Å². The Bertz CT molecular complexity index is 109. The number of hydrogen-bond donors (Lipinski definition) is 2. The van der Waals surface area contributed by atoms with E-state index < -0.39 is 12.5 Å². The van der Waals surface area contributed by atoms with Gasteiger partial charge in [-0.25, -0.2) is 8.78 Å². The number of halogens is 2. The van der Waals surface area contributed by atoms with Crippen molar-refractivity contribution < 1.29 is 8.78 Å². The van der Waals surface area contributed by atoms with E-state index in [0.717, 1.165) is 12.8 Å². The highest BCUT2D eigenvalue weighted by Gasteiger charge is 2.20. The molecule has 4 heteroatoms. The monoisotopic (exact) mass is 180 g/mol. The maximum atomic E-state index is 12.2. The van der Waals surface area contributed by atoms with Gasteiger partial charge in [-0.1, -0.05) is 26.7 Å². The molecule has 0 aliphatic heterocycles. The van der Waals surface area contributed by atoms with E-state index in [2.05, 4.69) is 5.43 Å². The normalized spacial score (nSPS) is 16.5. The lowest BCUT2D eigenvalue weighted by Gasteiger charge is -2.18. The average molecular weight is 180 g/mol. The molecule has 12 heavy (non-hydrogen) atoms. The summed E-state index contributed by atoms with van der Waals surface area (Å²) in [5, 5.41) is 0. The zero-order valence-corrected chi connectivity index (χ0v) is 7.69. The highest BCUT2D eigenvalue weighted by molar-refractivity contribution is 4.69. The van der Waals surface area contributed by atoms with Crippen LogP contribution in [0, 0.1) is 5.92 Å². The van der Waals surface area contributed by atoms with Crippen molar-refractivity contribution in [1.82, 2.24) is 5.43 Å². The Kier molecular flexibility index (Phi) is 6.20. The minimum Gasteiger partial charge on any atom is -0.271 e. The second-order valence-electron chi connectivity index (χ2n) is 3.24. The van der Waals surface area contributed by atoms with Crippen LogP contribution in [0.5, 0.6) is 0 Å². The van der Waals surface area contributed by atoms with Gasteiger partial charge in [-0.3, -0.25) is 11.3 Å². The van der Waals surface area contributed by atoms with E-state index in [1.165, 1.54) is 0 Å². The quantitative estimate of drug-likeness (QED) is 0.484. The standard InChI is InChI=1S/C8H18F2N2/c1-3-4-6(2)5-7(12-11)8(9)10/h6-8,12H,3-5,11H2,1-2H3. The van der Waals surface area contributed by atoms with Crippen LogP contribution >= 0.6 is 0 Å². The molecule has 2 unspecified atom stereocenters. The van der Waals surface area contributed by atoms with Gasteiger partial charge in [-0.05, 0) is 12.3 Å². The summed E-state index contributed by atoms with van der Waals surface area (Å²) in [7, 11) is 0. The second-order valence-corrected chi connectivity index (χ2v) is 3.24. The van der Waals surface area contributed by atoms with Crippen LogP contribution in [-0.4, -0.2) is 12.5 Å². The molecule has 0 aromatic carbocycles. The summed E-state index contributed by atoms with van der Waals surface area (Å²) >= 11 is 0. The predicted octanol–water partition coefficient (Wildman–Crippen LogP) is 1.91. The van der Waals surface area contributed by atoms with Crippen LogP contribution in [0.4, 0.5) is 8.78 Å². The van der Waals surface area contributed by atoms with Gasteiger partial charge >= 0.3 is 0 Å². The Labute approximate surface area is 72.5 Å². The molecule has 0 fully saturated rings. The van der Waals surface area contributed by atoms with Crippen molar-refractivity contribution in [2.75, 3.05) is 0 Å². The molecule has 0 aliphatic carbocycles. The molecule has 0 heterocycles. The average Bonchev–Trinajstić information content (AvgIpc) is 2.00. The molecule has 0 saturated heterocycles. The van der Waals surface area contributed by atoms with Crippen molar-refractivity contribution in [2.45, 2.75) is 45.6 Å². The SMILES string of the molecule is CCCC(C)CC(NN)C(F)F. The first-order valence-electron chi connectivity index (χ1n) is 4.36.